The van der Waals surface area contributed by atoms with Gasteiger partial charge in [0.2, 0.25) is 5.82 Å². The molecule has 7 nitrogen and oxygen atoms in total. The fourth-order valence-corrected chi connectivity index (χ4v) is 2.78. The maximum Gasteiger partial charge on any atom is 0.311 e. The summed E-state index contributed by atoms with van der Waals surface area (Å²) in [7, 11) is 1.59. The van der Waals surface area contributed by atoms with Crippen molar-refractivity contribution in [2.75, 3.05) is 25.1 Å². The molecule has 1 fully saturated rings. The van der Waals surface area contributed by atoms with E-state index < -0.39 is 0 Å². The number of hydrogen-bond acceptors (Lipinski definition) is 6. The van der Waals surface area contributed by atoms with Gasteiger partial charge in [-0.1, -0.05) is 11.5 Å². The van der Waals surface area contributed by atoms with E-state index in [0.29, 0.717) is 30.4 Å². The highest BCUT2D eigenvalue weighted by Crippen LogP contribution is 2.28. The van der Waals surface area contributed by atoms with E-state index in [9.17, 15) is 10.1 Å². The minimum Gasteiger partial charge on any atom is -0.494 e. The Bertz CT molecular complexity index is 889. The van der Waals surface area contributed by atoms with Crippen molar-refractivity contribution in [3.63, 3.8) is 0 Å². The third-order valence-electron chi connectivity index (χ3n) is 4.13. The minimum absolute atomic E-state index is 0.0435. The lowest BCUT2D eigenvalue weighted by atomic mass is 10.0. The second-order valence-electron chi connectivity index (χ2n) is 5.72. The Morgan fingerprint density at radius 1 is 1.23 bits per heavy atom. The van der Waals surface area contributed by atoms with Crippen molar-refractivity contribution in [3.05, 3.63) is 64.1 Å². The second kappa shape index (κ2) is 8.12. The lowest BCUT2D eigenvalue weighted by Gasteiger charge is -2.28. The quantitative estimate of drug-likeness (QED) is 0.481. The van der Waals surface area contributed by atoms with Gasteiger partial charge in [0.25, 0.3) is 0 Å². The second-order valence-corrected chi connectivity index (χ2v) is 5.72. The van der Waals surface area contributed by atoms with Crippen LogP contribution >= 0.6 is 0 Å². The monoisotopic (exact) mass is 350 g/mol. The molecule has 0 N–H and O–H groups in total. The number of anilines is 1. The number of nitrogens with zero attached hydrogens (tertiary/aromatic N) is 4. The molecular formula is C19H18N4O3. The third-order valence-corrected chi connectivity index (χ3v) is 4.13. The normalized spacial score (nSPS) is 13.6. The molecule has 1 aliphatic heterocycles. The Morgan fingerprint density at radius 2 is 1.96 bits per heavy atom. The fourth-order valence-electron chi connectivity index (χ4n) is 2.78. The summed E-state index contributed by atoms with van der Waals surface area (Å²) in [6, 6.07) is 6.69. The Hall–Kier alpha value is -3.40. The van der Waals surface area contributed by atoms with Crippen LogP contribution in [0.3, 0.4) is 0 Å². The molecule has 132 valence electrons. The van der Waals surface area contributed by atoms with Crippen LogP contribution in [0.25, 0.3) is 0 Å². The van der Waals surface area contributed by atoms with Crippen molar-refractivity contribution >= 4 is 11.5 Å². The highest BCUT2D eigenvalue weighted by molar-refractivity contribution is 5.58. The Kier molecular flexibility index (Phi) is 5.44. The molecule has 0 aliphatic carbocycles. The third kappa shape index (κ3) is 3.98. The summed E-state index contributed by atoms with van der Waals surface area (Å²) in [5.74, 6) is 7.11. The SMILES string of the molecule is COc1cccnc1C#CC=C1CCN(c2ncccc2[N+](=O)[O-])CC1. The van der Waals surface area contributed by atoms with Gasteiger partial charge in [-0.05, 0) is 43.0 Å². The van der Waals surface area contributed by atoms with Gasteiger partial charge in [0.1, 0.15) is 0 Å². The minimum atomic E-state index is -0.389. The summed E-state index contributed by atoms with van der Waals surface area (Å²) < 4.78 is 5.23. The number of aromatic nitrogens is 2. The van der Waals surface area contributed by atoms with Gasteiger partial charge in [0.15, 0.2) is 11.4 Å². The molecule has 26 heavy (non-hydrogen) atoms. The highest BCUT2D eigenvalue weighted by atomic mass is 16.6. The summed E-state index contributed by atoms with van der Waals surface area (Å²) in [5, 5.41) is 11.2. The average Bonchev–Trinajstić information content (AvgIpc) is 2.69. The number of rotatable bonds is 3. The van der Waals surface area contributed by atoms with E-state index in [-0.39, 0.29) is 10.6 Å². The maximum atomic E-state index is 11.2. The molecule has 1 aliphatic rings. The maximum absolute atomic E-state index is 11.2. The summed E-state index contributed by atoms with van der Waals surface area (Å²) in [4.78, 5) is 21.1. The first-order valence-corrected chi connectivity index (χ1v) is 8.22. The molecule has 2 aromatic rings. The van der Waals surface area contributed by atoms with Crippen molar-refractivity contribution in [3.8, 4) is 17.6 Å². The number of nitro groups is 1. The van der Waals surface area contributed by atoms with Gasteiger partial charge in [-0.25, -0.2) is 9.97 Å². The van der Waals surface area contributed by atoms with Gasteiger partial charge in [-0.2, -0.15) is 0 Å². The van der Waals surface area contributed by atoms with Gasteiger partial charge < -0.3 is 9.64 Å². The van der Waals surface area contributed by atoms with E-state index in [1.165, 1.54) is 11.6 Å². The van der Waals surface area contributed by atoms with E-state index >= 15 is 0 Å². The van der Waals surface area contributed by atoms with Crippen LogP contribution in [0.4, 0.5) is 11.5 Å². The van der Waals surface area contributed by atoms with Gasteiger partial charge in [0, 0.05) is 31.5 Å². The van der Waals surface area contributed by atoms with Crippen LogP contribution in [0.1, 0.15) is 18.5 Å². The lowest BCUT2D eigenvalue weighted by Crippen LogP contribution is -2.31. The number of allylic oxidation sites excluding steroid dienone is 1. The van der Waals surface area contributed by atoms with E-state index in [0.717, 1.165) is 12.8 Å². The standard InChI is InChI=1S/C19H18N4O3/c1-26-18-8-4-11-20-16(18)6-2-5-15-9-13-22(14-10-15)19-17(23(24)25)7-3-12-21-19/h3-5,7-8,11-12H,9-10,13-14H2,1H3. The number of methoxy groups -OCH3 is 1. The zero-order chi connectivity index (χ0) is 18.4. The Labute approximate surface area is 151 Å². The van der Waals surface area contributed by atoms with Crippen LogP contribution in [-0.2, 0) is 0 Å². The van der Waals surface area contributed by atoms with E-state index in [1.807, 2.05) is 17.0 Å². The number of pyridine rings is 2. The highest BCUT2D eigenvalue weighted by Gasteiger charge is 2.23. The molecule has 0 aromatic carbocycles. The van der Waals surface area contributed by atoms with Crippen molar-refractivity contribution in [1.29, 1.82) is 0 Å². The molecule has 7 heteroatoms. The predicted molar refractivity (Wildman–Crippen MR) is 98.1 cm³/mol. The van der Waals surface area contributed by atoms with Gasteiger partial charge in [-0.3, -0.25) is 10.1 Å². The van der Waals surface area contributed by atoms with Crippen molar-refractivity contribution in [2.24, 2.45) is 0 Å². The average molecular weight is 350 g/mol. The molecule has 0 saturated carbocycles. The van der Waals surface area contributed by atoms with E-state index in [1.54, 1.807) is 31.6 Å². The largest absolute Gasteiger partial charge is 0.494 e. The summed E-state index contributed by atoms with van der Waals surface area (Å²) >= 11 is 0. The van der Waals surface area contributed by atoms with Crippen molar-refractivity contribution in [2.45, 2.75) is 12.8 Å². The number of hydrogen-bond donors (Lipinski definition) is 0. The first-order valence-electron chi connectivity index (χ1n) is 8.22. The molecule has 0 amide bonds. The Balaban J connectivity index is 1.67. The number of ether oxygens (including phenoxy) is 1. The van der Waals surface area contributed by atoms with E-state index in [4.69, 9.17) is 4.74 Å². The molecule has 3 rings (SSSR count). The lowest BCUT2D eigenvalue weighted by molar-refractivity contribution is -0.384. The fraction of sp³-hybridized carbons (Fsp3) is 0.263. The predicted octanol–water partition coefficient (Wildman–Crippen LogP) is 2.97. The van der Waals surface area contributed by atoms with Gasteiger partial charge in [-0.15, -0.1) is 0 Å². The van der Waals surface area contributed by atoms with E-state index in [2.05, 4.69) is 21.8 Å². The van der Waals surface area contributed by atoms with Crippen LogP contribution in [0.5, 0.6) is 5.75 Å². The van der Waals surface area contributed by atoms with Crippen LogP contribution in [0.2, 0.25) is 0 Å². The summed E-state index contributed by atoms with van der Waals surface area (Å²) in [5.41, 5.74) is 1.86. The zero-order valence-corrected chi connectivity index (χ0v) is 14.4. The topological polar surface area (TPSA) is 81.4 Å². The van der Waals surface area contributed by atoms with Crippen LogP contribution in [0, 0.1) is 22.0 Å². The molecule has 0 unspecified atom stereocenters. The van der Waals surface area contributed by atoms with Gasteiger partial charge >= 0.3 is 5.69 Å². The van der Waals surface area contributed by atoms with Gasteiger partial charge in [0.05, 0.1) is 12.0 Å². The molecule has 0 spiro atoms. The van der Waals surface area contributed by atoms with Crippen molar-refractivity contribution < 1.29 is 9.66 Å². The van der Waals surface area contributed by atoms with Crippen molar-refractivity contribution in [1.82, 2.24) is 9.97 Å². The summed E-state index contributed by atoms with van der Waals surface area (Å²) in [6.07, 6.45) is 6.75. The molecule has 3 heterocycles. The first kappa shape index (κ1) is 17.4. The summed E-state index contributed by atoms with van der Waals surface area (Å²) in [6.45, 7) is 1.36. The zero-order valence-electron chi connectivity index (χ0n) is 14.4. The molecule has 0 atom stereocenters. The van der Waals surface area contributed by atoms with Crippen LogP contribution < -0.4 is 9.64 Å². The first-order chi connectivity index (χ1) is 12.7. The molecular weight excluding hydrogens is 332 g/mol. The molecule has 0 radical (unpaired) electrons. The molecule has 0 bridgehead atoms. The molecule has 2 aromatic heterocycles. The van der Waals surface area contributed by atoms with Crippen LogP contribution in [0.15, 0.2) is 48.3 Å². The molecule has 1 saturated heterocycles. The smallest absolute Gasteiger partial charge is 0.311 e. The number of piperidine rings is 1. The van der Waals surface area contributed by atoms with Crippen LogP contribution in [-0.4, -0.2) is 35.1 Å². The Morgan fingerprint density at radius 3 is 2.69 bits per heavy atom.